The van der Waals surface area contributed by atoms with E-state index in [-0.39, 0.29) is 0 Å². The Morgan fingerprint density at radius 3 is 2.56 bits per heavy atom. The first-order valence-corrected chi connectivity index (χ1v) is 6.79. The van der Waals surface area contributed by atoms with Gasteiger partial charge in [-0.25, -0.2) is 0 Å². The molecule has 3 atom stereocenters. The topological polar surface area (TPSA) is 33.0 Å². The van der Waals surface area contributed by atoms with E-state index in [1.807, 2.05) is 12.1 Å². The van der Waals surface area contributed by atoms with Gasteiger partial charge in [-0.15, -0.1) is 0 Å². The highest BCUT2D eigenvalue weighted by Gasteiger charge is 2.35. The van der Waals surface area contributed by atoms with Crippen molar-refractivity contribution in [3.63, 3.8) is 0 Å². The maximum atomic E-state index is 8.84. The molecule has 0 aliphatic heterocycles. The van der Waals surface area contributed by atoms with Crippen LogP contribution in [0.15, 0.2) is 24.3 Å². The molecule has 0 spiro atoms. The molecule has 96 valence electrons. The standard InChI is InChI=1S/C16H21NO/c1-3-13-8-9-15(16(13)11-18-2)14-6-4-12(10-17)5-7-14/h4-7,13,15-16H,3,8-9,11H2,1-2H3. The average molecular weight is 243 g/mol. The molecule has 0 bridgehead atoms. The molecule has 0 saturated heterocycles. The van der Waals surface area contributed by atoms with Crippen LogP contribution in [0.3, 0.4) is 0 Å². The van der Waals surface area contributed by atoms with Crippen LogP contribution in [0.2, 0.25) is 0 Å². The number of rotatable bonds is 4. The average Bonchev–Trinajstić information content (AvgIpc) is 2.82. The third-order valence-corrected chi connectivity index (χ3v) is 4.32. The number of methoxy groups -OCH3 is 1. The highest BCUT2D eigenvalue weighted by atomic mass is 16.5. The summed E-state index contributed by atoms with van der Waals surface area (Å²) in [6.07, 6.45) is 3.79. The fourth-order valence-corrected chi connectivity index (χ4v) is 3.32. The summed E-state index contributed by atoms with van der Waals surface area (Å²) in [4.78, 5) is 0. The Kier molecular flexibility index (Phi) is 4.38. The van der Waals surface area contributed by atoms with Gasteiger partial charge in [0.2, 0.25) is 0 Å². The van der Waals surface area contributed by atoms with E-state index in [1.54, 1.807) is 7.11 Å². The minimum atomic E-state index is 0.600. The van der Waals surface area contributed by atoms with Crippen molar-refractivity contribution < 1.29 is 4.74 Å². The normalized spacial score (nSPS) is 27.1. The van der Waals surface area contributed by atoms with Crippen LogP contribution in [0.1, 0.15) is 43.2 Å². The van der Waals surface area contributed by atoms with E-state index in [4.69, 9.17) is 10.00 Å². The van der Waals surface area contributed by atoms with Crippen molar-refractivity contribution in [2.75, 3.05) is 13.7 Å². The summed E-state index contributed by atoms with van der Waals surface area (Å²) < 4.78 is 5.40. The van der Waals surface area contributed by atoms with E-state index in [2.05, 4.69) is 25.1 Å². The molecule has 1 saturated carbocycles. The molecule has 18 heavy (non-hydrogen) atoms. The number of nitrogens with zero attached hydrogens (tertiary/aromatic N) is 1. The fraction of sp³-hybridized carbons (Fsp3) is 0.562. The van der Waals surface area contributed by atoms with Crippen LogP contribution >= 0.6 is 0 Å². The second-order valence-electron chi connectivity index (χ2n) is 5.21. The van der Waals surface area contributed by atoms with Gasteiger partial charge in [0.1, 0.15) is 0 Å². The van der Waals surface area contributed by atoms with Gasteiger partial charge < -0.3 is 4.74 Å². The lowest BCUT2D eigenvalue weighted by atomic mass is 9.84. The van der Waals surface area contributed by atoms with Crippen LogP contribution in [0, 0.1) is 23.2 Å². The zero-order chi connectivity index (χ0) is 13.0. The Bertz CT molecular complexity index is 418. The summed E-state index contributed by atoms with van der Waals surface area (Å²) in [5.74, 6) is 2.01. The molecule has 1 aliphatic rings. The molecule has 1 aromatic rings. The van der Waals surface area contributed by atoms with Gasteiger partial charge in [0.05, 0.1) is 11.6 Å². The van der Waals surface area contributed by atoms with Crippen LogP contribution in [0.5, 0.6) is 0 Å². The van der Waals surface area contributed by atoms with Gasteiger partial charge in [0.25, 0.3) is 0 Å². The first-order chi connectivity index (χ1) is 8.80. The lowest BCUT2D eigenvalue weighted by Crippen LogP contribution is -2.19. The second kappa shape index (κ2) is 6.02. The van der Waals surface area contributed by atoms with E-state index >= 15 is 0 Å². The predicted molar refractivity (Wildman–Crippen MR) is 72.3 cm³/mol. The summed E-state index contributed by atoms with van der Waals surface area (Å²) in [6, 6.07) is 10.3. The molecule has 2 nitrogen and oxygen atoms in total. The number of benzene rings is 1. The van der Waals surface area contributed by atoms with Crippen molar-refractivity contribution in [3.8, 4) is 6.07 Å². The van der Waals surface area contributed by atoms with E-state index < -0.39 is 0 Å². The molecule has 1 aliphatic carbocycles. The van der Waals surface area contributed by atoms with Crippen LogP contribution < -0.4 is 0 Å². The van der Waals surface area contributed by atoms with Crippen molar-refractivity contribution in [3.05, 3.63) is 35.4 Å². The van der Waals surface area contributed by atoms with Crippen molar-refractivity contribution in [1.29, 1.82) is 5.26 Å². The van der Waals surface area contributed by atoms with Crippen molar-refractivity contribution in [2.45, 2.75) is 32.1 Å². The minimum Gasteiger partial charge on any atom is -0.384 e. The van der Waals surface area contributed by atoms with Gasteiger partial charge in [-0.3, -0.25) is 0 Å². The molecular weight excluding hydrogens is 222 g/mol. The summed E-state index contributed by atoms with van der Waals surface area (Å²) in [5.41, 5.74) is 2.11. The van der Waals surface area contributed by atoms with Crippen LogP contribution in [0.25, 0.3) is 0 Å². The third kappa shape index (κ3) is 2.57. The maximum Gasteiger partial charge on any atom is 0.0991 e. The monoisotopic (exact) mass is 243 g/mol. The Labute approximate surface area is 110 Å². The van der Waals surface area contributed by atoms with Crippen LogP contribution in [-0.4, -0.2) is 13.7 Å². The predicted octanol–water partition coefficient (Wildman–Crippen LogP) is 3.72. The van der Waals surface area contributed by atoms with Gasteiger partial charge in [0.15, 0.2) is 0 Å². The van der Waals surface area contributed by atoms with Crippen LogP contribution in [0.4, 0.5) is 0 Å². The largest absolute Gasteiger partial charge is 0.384 e. The first-order valence-electron chi connectivity index (χ1n) is 6.79. The number of ether oxygens (including phenoxy) is 1. The van der Waals surface area contributed by atoms with Crippen molar-refractivity contribution in [2.24, 2.45) is 11.8 Å². The summed E-state index contributed by atoms with van der Waals surface area (Å²) >= 11 is 0. The maximum absolute atomic E-state index is 8.84. The van der Waals surface area contributed by atoms with E-state index in [9.17, 15) is 0 Å². The van der Waals surface area contributed by atoms with Crippen molar-refractivity contribution in [1.82, 2.24) is 0 Å². The molecule has 2 rings (SSSR count). The Morgan fingerprint density at radius 2 is 2.00 bits per heavy atom. The molecule has 0 heterocycles. The molecular formula is C16H21NO. The highest BCUT2D eigenvalue weighted by molar-refractivity contribution is 5.33. The SMILES string of the molecule is CCC1CCC(c2ccc(C#N)cc2)C1COC. The molecule has 0 radical (unpaired) electrons. The highest BCUT2D eigenvalue weighted by Crippen LogP contribution is 2.45. The molecule has 3 unspecified atom stereocenters. The molecule has 0 amide bonds. The van der Waals surface area contributed by atoms with Crippen LogP contribution in [-0.2, 0) is 4.74 Å². The lowest BCUT2D eigenvalue weighted by Gasteiger charge is -2.24. The molecule has 1 aromatic carbocycles. The number of hydrogen-bond donors (Lipinski definition) is 0. The fourth-order valence-electron chi connectivity index (χ4n) is 3.32. The van der Waals surface area contributed by atoms with E-state index in [0.29, 0.717) is 11.8 Å². The first kappa shape index (κ1) is 13.1. The van der Waals surface area contributed by atoms with E-state index in [0.717, 1.165) is 18.1 Å². The number of hydrogen-bond acceptors (Lipinski definition) is 2. The van der Waals surface area contributed by atoms with Gasteiger partial charge >= 0.3 is 0 Å². The Hall–Kier alpha value is -1.33. The van der Waals surface area contributed by atoms with Gasteiger partial charge in [-0.1, -0.05) is 25.5 Å². The third-order valence-electron chi connectivity index (χ3n) is 4.32. The molecule has 0 aromatic heterocycles. The summed E-state index contributed by atoms with van der Waals surface area (Å²) in [6.45, 7) is 3.12. The van der Waals surface area contributed by atoms with Crippen molar-refractivity contribution >= 4 is 0 Å². The molecule has 0 N–H and O–H groups in total. The van der Waals surface area contributed by atoms with E-state index in [1.165, 1.54) is 24.8 Å². The molecule has 1 fully saturated rings. The zero-order valence-corrected chi connectivity index (χ0v) is 11.2. The lowest BCUT2D eigenvalue weighted by molar-refractivity contribution is 0.123. The zero-order valence-electron chi connectivity index (χ0n) is 11.2. The summed E-state index contributed by atoms with van der Waals surface area (Å²) in [5, 5.41) is 8.84. The van der Waals surface area contributed by atoms with Gasteiger partial charge in [0, 0.05) is 13.7 Å². The van der Waals surface area contributed by atoms with Gasteiger partial charge in [-0.2, -0.15) is 5.26 Å². The minimum absolute atomic E-state index is 0.600. The van der Waals surface area contributed by atoms with Gasteiger partial charge in [-0.05, 0) is 48.3 Å². The Morgan fingerprint density at radius 1 is 1.28 bits per heavy atom. The quantitative estimate of drug-likeness (QED) is 0.807. The Balaban J connectivity index is 2.18. The number of nitriles is 1. The molecule has 2 heteroatoms. The smallest absolute Gasteiger partial charge is 0.0991 e. The second-order valence-corrected chi connectivity index (χ2v) is 5.21. The summed E-state index contributed by atoms with van der Waals surface area (Å²) in [7, 11) is 1.79.